The molecule has 0 bridgehead atoms. The molecule has 2 rings (SSSR count). The molecule has 1 aliphatic rings. The first-order valence-electron chi connectivity index (χ1n) is 8.37. The van der Waals surface area contributed by atoms with Gasteiger partial charge in [-0.25, -0.2) is 13.2 Å². The number of carbonyl (C=O) groups excluding carboxylic acids is 2. The number of ether oxygens (including phenoxy) is 1. The molecular formula is C17H25N3O5S. The average molecular weight is 383 g/mol. The normalized spacial score (nSPS) is 17.5. The van der Waals surface area contributed by atoms with Crippen molar-refractivity contribution < 1.29 is 22.7 Å². The number of hydrogen-bond acceptors (Lipinski definition) is 6. The van der Waals surface area contributed by atoms with Gasteiger partial charge in [-0.15, -0.1) is 0 Å². The van der Waals surface area contributed by atoms with E-state index in [1.54, 1.807) is 25.1 Å². The topological polar surface area (TPSA) is 96.0 Å². The molecule has 0 saturated carbocycles. The molecule has 1 aromatic rings. The zero-order valence-corrected chi connectivity index (χ0v) is 16.3. The van der Waals surface area contributed by atoms with Gasteiger partial charge in [0, 0.05) is 26.2 Å². The summed E-state index contributed by atoms with van der Waals surface area (Å²) in [6.45, 7) is 6.86. The van der Waals surface area contributed by atoms with Crippen LogP contribution in [0.3, 0.4) is 0 Å². The molecule has 26 heavy (non-hydrogen) atoms. The zero-order valence-electron chi connectivity index (χ0n) is 15.5. The molecule has 0 aliphatic carbocycles. The standard InChI is InChI=1S/C17H25N3O5S/c1-12-5-6-15(11-13(12)2)26(23,24)20-9-7-19(8-10-20)14(3)16(21)18-17(22)25-4/h5-6,11,14H,7-10H2,1-4H3,(H,18,21,22)/t14-/m1/s1. The molecule has 1 fully saturated rings. The Hall–Kier alpha value is -1.97. The van der Waals surface area contributed by atoms with Crippen molar-refractivity contribution in [2.24, 2.45) is 0 Å². The molecule has 0 aromatic heterocycles. The number of nitrogens with zero attached hydrogens (tertiary/aromatic N) is 2. The second-order valence-electron chi connectivity index (χ2n) is 6.34. The summed E-state index contributed by atoms with van der Waals surface area (Å²) >= 11 is 0. The van der Waals surface area contributed by atoms with Crippen LogP contribution in [0.15, 0.2) is 23.1 Å². The predicted octanol–water partition coefficient (Wildman–Crippen LogP) is 0.881. The highest BCUT2D eigenvalue weighted by molar-refractivity contribution is 7.89. The highest BCUT2D eigenvalue weighted by Gasteiger charge is 2.32. The number of nitrogens with one attached hydrogen (secondary N) is 1. The van der Waals surface area contributed by atoms with Gasteiger partial charge in [-0.3, -0.25) is 15.0 Å². The SMILES string of the molecule is COC(=O)NC(=O)[C@@H](C)N1CCN(S(=O)(=O)c2ccc(C)c(C)c2)CC1. The van der Waals surface area contributed by atoms with Crippen LogP contribution in [0, 0.1) is 13.8 Å². The Bertz CT molecular complexity index is 786. The van der Waals surface area contributed by atoms with Crippen LogP contribution >= 0.6 is 0 Å². The third kappa shape index (κ3) is 4.40. The van der Waals surface area contributed by atoms with Gasteiger partial charge < -0.3 is 4.74 Å². The van der Waals surface area contributed by atoms with E-state index in [1.807, 2.05) is 18.7 Å². The zero-order chi connectivity index (χ0) is 19.5. The number of amides is 2. The van der Waals surface area contributed by atoms with E-state index in [0.717, 1.165) is 11.1 Å². The number of aryl methyl sites for hydroxylation is 2. The minimum Gasteiger partial charge on any atom is -0.453 e. The van der Waals surface area contributed by atoms with E-state index in [1.165, 1.54) is 11.4 Å². The number of piperazine rings is 1. The van der Waals surface area contributed by atoms with E-state index in [2.05, 4.69) is 10.1 Å². The van der Waals surface area contributed by atoms with Gasteiger partial charge in [0.15, 0.2) is 0 Å². The lowest BCUT2D eigenvalue weighted by molar-refractivity contribution is -0.125. The van der Waals surface area contributed by atoms with Gasteiger partial charge in [0.2, 0.25) is 15.9 Å². The monoisotopic (exact) mass is 383 g/mol. The van der Waals surface area contributed by atoms with Crippen LogP contribution in [0.5, 0.6) is 0 Å². The van der Waals surface area contributed by atoms with Gasteiger partial charge in [-0.2, -0.15) is 4.31 Å². The minimum atomic E-state index is -3.56. The van der Waals surface area contributed by atoms with Crippen molar-refractivity contribution in [3.8, 4) is 0 Å². The fourth-order valence-electron chi connectivity index (χ4n) is 2.78. The fraction of sp³-hybridized carbons (Fsp3) is 0.529. The van der Waals surface area contributed by atoms with Crippen molar-refractivity contribution in [1.29, 1.82) is 0 Å². The number of rotatable bonds is 4. The number of carbonyl (C=O) groups is 2. The van der Waals surface area contributed by atoms with Gasteiger partial charge in [0.25, 0.3) is 0 Å². The van der Waals surface area contributed by atoms with E-state index in [-0.39, 0.29) is 18.0 Å². The summed E-state index contributed by atoms with van der Waals surface area (Å²) < 4.78 is 31.5. The van der Waals surface area contributed by atoms with Crippen LogP contribution in [-0.4, -0.2) is 69.0 Å². The molecule has 9 heteroatoms. The van der Waals surface area contributed by atoms with E-state index in [0.29, 0.717) is 13.1 Å². The van der Waals surface area contributed by atoms with Gasteiger partial charge in [0.1, 0.15) is 0 Å². The lowest BCUT2D eigenvalue weighted by Crippen LogP contribution is -2.55. The maximum Gasteiger partial charge on any atom is 0.413 e. The highest BCUT2D eigenvalue weighted by Crippen LogP contribution is 2.21. The van der Waals surface area contributed by atoms with Crippen molar-refractivity contribution in [1.82, 2.24) is 14.5 Å². The number of alkyl carbamates (subject to hydrolysis) is 1. The summed E-state index contributed by atoms with van der Waals surface area (Å²) in [5.41, 5.74) is 1.97. The van der Waals surface area contributed by atoms with Gasteiger partial charge >= 0.3 is 6.09 Å². The molecule has 0 radical (unpaired) electrons. The lowest BCUT2D eigenvalue weighted by atomic mass is 10.1. The summed E-state index contributed by atoms with van der Waals surface area (Å²) in [5.74, 6) is -0.470. The number of imide groups is 1. The highest BCUT2D eigenvalue weighted by atomic mass is 32.2. The van der Waals surface area contributed by atoms with Crippen molar-refractivity contribution >= 4 is 22.0 Å². The smallest absolute Gasteiger partial charge is 0.413 e. The summed E-state index contributed by atoms with van der Waals surface area (Å²) in [5, 5.41) is 2.13. The second kappa shape index (κ2) is 8.15. The van der Waals surface area contributed by atoms with E-state index in [9.17, 15) is 18.0 Å². The molecule has 1 N–H and O–H groups in total. The summed E-state index contributed by atoms with van der Waals surface area (Å²) in [6, 6.07) is 4.55. The Morgan fingerprint density at radius 2 is 1.73 bits per heavy atom. The Morgan fingerprint density at radius 3 is 2.27 bits per heavy atom. The van der Waals surface area contributed by atoms with E-state index in [4.69, 9.17) is 0 Å². The number of methoxy groups -OCH3 is 1. The maximum absolute atomic E-state index is 12.8. The number of sulfonamides is 1. The van der Waals surface area contributed by atoms with Crippen LogP contribution in [0.25, 0.3) is 0 Å². The van der Waals surface area contributed by atoms with Crippen LogP contribution in [0.4, 0.5) is 4.79 Å². The minimum absolute atomic E-state index is 0.283. The quantitative estimate of drug-likeness (QED) is 0.829. The van der Waals surface area contributed by atoms with Crippen molar-refractivity contribution in [3.63, 3.8) is 0 Å². The molecule has 1 aliphatic heterocycles. The Morgan fingerprint density at radius 1 is 1.12 bits per heavy atom. The third-order valence-corrected chi connectivity index (χ3v) is 6.62. The first-order chi connectivity index (χ1) is 12.2. The summed E-state index contributed by atoms with van der Waals surface area (Å²) in [7, 11) is -2.38. The largest absolute Gasteiger partial charge is 0.453 e. The van der Waals surface area contributed by atoms with Crippen molar-refractivity contribution in [2.45, 2.75) is 31.7 Å². The van der Waals surface area contributed by atoms with E-state index < -0.39 is 28.1 Å². The Kier molecular flexibility index (Phi) is 6.38. The molecule has 144 valence electrons. The third-order valence-electron chi connectivity index (χ3n) is 4.73. The molecule has 2 amide bonds. The van der Waals surface area contributed by atoms with Crippen molar-refractivity contribution in [2.75, 3.05) is 33.3 Å². The lowest BCUT2D eigenvalue weighted by Gasteiger charge is -2.36. The summed E-state index contributed by atoms with van der Waals surface area (Å²) in [4.78, 5) is 25.3. The predicted molar refractivity (Wildman–Crippen MR) is 96.3 cm³/mol. The molecular weight excluding hydrogens is 358 g/mol. The first-order valence-corrected chi connectivity index (χ1v) is 9.81. The van der Waals surface area contributed by atoms with Crippen LogP contribution in [0.2, 0.25) is 0 Å². The van der Waals surface area contributed by atoms with Crippen molar-refractivity contribution in [3.05, 3.63) is 29.3 Å². The summed E-state index contributed by atoms with van der Waals surface area (Å²) in [6.07, 6.45) is -0.808. The van der Waals surface area contributed by atoms with Gasteiger partial charge in [0.05, 0.1) is 18.0 Å². The number of hydrogen-bond donors (Lipinski definition) is 1. The van der Waals surface area contributed by atoms with E-state index >= 15 is 0 Å². The Labute approximate surface area is 154 Å². The molecule has 1 atom stereocenters. The molecule has 1 aromatic carbocycles. The second-order valence-corrected chi connectivity index (χ2v) is 8.28. The number of benzene rings is 1. The van der Waals surface area contributed by atoms with Crippen LogP contribution < -0.4 is 5.32 Å². The molecule has 0 unspecified atom stereocenters. The average Bonchev–Trinajstić information content (AvgIpc) is 2.63. The fourth-order valence-corrected chi connectivity index (χ4v) is 4.28. The van der Waals surface area contributed by atoms with Gasteiger partial charge in [-0.05, 0) is 44.0 Å². The molecule has 8 nitrogen and oxygen atoms in total. The molecule has 0 spiro atoms. The first kappa shape index (κ1) is 20.3. The maximum atomic E-state index is 12.8. The van der Waals surface area contributed by atoms with Crippen LogP contribution in [0.1, 0.15) is 18.1 Å². The molecule has 1 saturated heterocycles. The molecule has 1 heterocycles. The van der Waals surface area contributed by atoms with Gasteiger partial charge in [-0.1, -0.05) is 6.07 Å². The van der Waals surface area contributed by atoms with Crippen LogP contribution in [-0.2, 0) is 19.6 Å². The Balaban J connectivity index is 2.02.